The average Bonchev–Trinajstić information content (AvgIpc) is 3.60. The molecule has 298 valence electrons. The van der Waals surface area contributed by atoms with E-state index in [-0.39, 0.29) is 11.6 Å². The van der Waals surface area contributed by atoms with Gasteiger partial charge in [-0.15, -0.1) is 31.8 Å². The fourth-order valence-electron chi connectivity index (χ4n) is 6.48. The second kappa shape index (κ2) is 16.3. The number of methoxy groups -OCH3 is 2. The number of ether oxygens (including phenoxy) is 2. The summed E-state index contributed by atoms with van der Waals surface area (Å²) in [5, 5.41) is 19.3. The summed E-state index contributed by atoms with van der Waals surface area (Å²) >= 11 is 1.49. The van der Waals surface area contributed by atoms with Crippen LogP contribution in [0.5, 0.6) is 11.5 Å². The average molecular weight is 785 g/mol. The van der Waals surface area contributed by atoms with E-state index in [1.165, 1.54) is 11.3 Å². The maximum Gasteiger partial charge on any atom is 0.186 e. The molecular weight excluding hydrogens is 729 g/mol. The van der Waals surface area contributed by atoms with Gasteiger partial charge in [-0.05, 0) is 82.4 Å². The van der Waals surface area contributed by atoms with Gasteiger partial charge in [0.15, 0.2) is 11.6 Å². The number of rotatable bonds is 8. The maximum absolute atomic E-state index is 14.0. The van der Waals surface area contributed by atoms with Crippen molar-refractivity contribution in [2.75, 3.05) is 14.2 Å². The predicted molar refractivity (Wildman–Crippen MR) is 233 cm³/mol. The molecule has 0 fully saturated rings. The standard InChI is InChI=1S/C48H56N4O4S/c1-45(2,3)31-25-29(26-32(43(31)53)46(4,5)6)41(51-49-35-19-15-17-21-37(35)55-13)39-23-24-40(57-39)42(52-50-36-20-16-18-22-38(36)56-14)30-27-33(47(7,8)9)44(54)34(28-30)48(10,11)12/h15-28H,1-14H3/b51-49+,52-50+. The summed E-state index contributed by atoms with van der Waals surface area (Å²) in [5.41, 5.74) is 4.96. The van der Waals surface area contributed by atoms with Gasteiger partial charge in [-0.3, -0.25) is 9.59 Å². The van der Waals surface area contributed by atoms with Crippen molar-refractivity contribution in [3.05, 3.63) is 128 Å². The monoisotopic (exact) mass is 784 g/mol. The lowest BCUT2D eigenvalue weighted by molar-refractivity contribution is -0.114. The van der Waals surface area contributed by atoms with Crippen LogP contribution >= 0.6 is 11.3 Å². The SMILES string of the molecule is COc1ccccc1/N=N/C(=C1C=C(C(C)(C)C)C(=O)C(C(C)(C)C)=C1)c1ccc(C(/N=N/c2ccccc2OC)=C2C=C(C(C)(C)C)C(=O)C(C(C)(C)C)=C2)s1. The molecule has 1 aromatic heterocycles. The van der Waals surface area contributed by atoms with Gasteiger partial charge in [0, 0.05) is 33.4 Å². The van der Waals surface area contributed by atoms with Gasteiger partial charge in [0.1, 0.15) is 34.3 Å². The molecule has 5 rings (SSSR count). The third-order valence-electron chi connectivity index (χ3n) is 9.72. The zero-order chi connectivity index (χ0) is 42.1. The lowest BCUT2D eigenvalue weighted by Gasteiger charge is -2.31. The van der Waals surface area contributed by atoms with E-state index in [2.05, 4.69) is 83.1 Å². The lowest BCUT2D eigenvalue weighted by Crippen LogP contribution is -2.28. The number of hydrogen-bond donors (Lipinski definition) is 0. The number of hydrogen-bond acceptors (Lipinski definition) is 9. The predicted octanol–water partition coefficient (Wildman–Crippen LogP) is 13.8. The number of Topliss-reactive ketones (excluding diaryl/α,β-unsaturated/α-hetero) is 2. The van der Waals surface area contributed by atoms with Crippen molar-refractivity contribution in [3.8, 4) is 11.5 Å². The maximum atomic E-state index is 14.0. The van der Waals surface area contributed by atoms with Gasteiger partial charge in [-0.25, -0.2) is 0 Å². The quantitative estimate of drug-likeness (QED) is 0.212. The van der Waals surface area contributed by atoms with Crippen LogP contribution in [0.25, 0.3) is 11.4 Å². The fourth-order valence-corrected chi connectivity index (χ4v) is 7.50. The van der Waals surface area contributed by atoms with Gasteiger partial charge < -0.3 is 9.47 Å². The molecule has 0 spiro atoms. The van der Waals surface area contributed by atoms with E-state index in [0.717, 1.165) is 20.9 Å². The van der Waals surface area contributed by atoms with Crippen LogP contribution in [0.1, 0.15) is 92.8 Å². The summed E-state index contributed by atoms with van der Waals surface area (Å²) in [6.07, 6.45) is 7.82. The summed E-state index contributed by atoms with van der Waals surface area (Å²) < 4.78 is 11.2. The lowest BCUT2D eigenvalue weighted by atomic mass is 9.71. The van der Waals surface area contributed by atoms with Crippen molar-refractivity contribution in [2.24, 2.45) is 42.1 Å². The number of allylic oxidation sites excluding steroid dienone is 10. The zero-order valence-corrected chi connectivity index (χ0v) is 36.7. The Labute approximate surface area is 342 Å². The highest BCUT2D eigenvalue weighted by molar-refractivity contribution is 7.14. The molecule has 0 saturated heterocycles. The number of carbonyl (C=O) groups excluding carboxylic acids is 2. The van der Waals surface area contributed by atoms with E-state index in [0.29, 0.717) is 56.6 Å². The molecule has 0 bridgehead atoms. The first-order valence-corrected chi connectivity index (χ1v) is 20.0. The number of ketones is 2. The van der Waals surface area contributed by atoms with Gasteiger partial charge in [-0.1, -0.05) is 107 Å². The fraction of sp³-hybridized carbons (Fsp3) is 0.375. The van der Waals surface area contributed by atoms with E-state index in [1.807, 2.05) is 85.0 Å². The third kappa shape index (κ3) is 9.65. The van der Waals surface area contributed by atoms with Crippen LogP contribution in [-0.4, -0.2) is 25.8 Å². The molecule has 0 aliphatic heterocycles. The highest BCUT2D eigenvalue weighted by atomic mass is 32.1. The molecule has 9 heteroatoms. The first-order valence-electron chi connectivity index (χ1n) is 19.2. The highest BCUT2D eigenvalue weighted by Crippen LogP contribution is 2.45. The van der Waals surface area contributed by atoms with Crippen LogP contribution in [0.2, 0.25) is 0 Å². The zero-order valence-electron chi connectivity index (χ0n) is 35.9. The summed E-state index contributed by atoms with van der Waals surface area (Å²) in [7, 11) is 3.21. The molecule has 2 aliphatic rings. The molecule has 8 nitrogen and oxygen atoms in total. The van der Waals surface area contributed by atoms with Gasteiger partial charge in [0.2, 0.25) is 0 Å². The minimum absolute atomic E-state index is 0.0325. The van der Waals surface area contributed by atoms with Gasteiger partial charge in [0.05, 0.1) is 24.0 Å². The molecule has 57 heavy (non-hydrogen) atoms. The number of para-hydroxylation sites is 2. The van der Waals surface area contributed by atoms with Gasteiger partial charge in [-0.2, -0.15) is 0 Å². The second-order valence-electron chi connectivity index (χ2n) is 18.4. The first kappa shape index (κ1) is 42.9. The van der Waals surface area contributed by atoms with Crippen molar-refractivity contribution in [1.29, 1.82) is 0 Å². The molecule has 0 N–H and O–H groups in total. The Kier molecular flexibility index (Phi) is 12.3. The van der Waals surface area contributed by atoms with Crippen molar-refractivity contribution >= 4 is 45.7 Å². The van der Waals surface area contributed by atoms with Crippen LogP contribution in [0.4, 0.5) is 11.4 Å². The first-order chi connectivity index (χ1) is 26.5. The largest absolute Gasteiger partial charge is 0.494 e. The van der Waals surface area contributed by atoms with Crippen molar-refractivity contribution in [1.82, 2.24) is 0 Å². The van der Waals surface area contributed by atoms with Crippen LogP contribution in [0, 0.1) is 21.7 Å². The van der Waals surface area contributed by atoms with Crippen LogP contribution in [0.3, 0.4) is 0 Å². The number of benzene rings is 2. The van der Waals surface area contributed by atoms with E-state index in [4.69, 9.17) is 29.9 Å². The number of carbonyl (C=O) groups is 2. The molecule has 0 atom stereocenters. The van der Waals surface area contributed by atoms with E-state index < -0.39 is 21.7 Å². The topological polar surface area (TPSA) is 102 Å². The molecule has 0 saturated carbocycles. The second-order valence-corrected chi connectivity index (χ2v) is 19.5. The minimum Gasteiger partial charge on any atom is -0.494 e. The van der Waals surface area contributed by atoms with E-state index in [1.54, 1.807) is 14.2 Å². The molecule has 3 aromatic rings. The van der Waals surface area contributed by atoms with Crippen molar-refractivity contribution in [2.45, 2.75) is 83.1 Å². The van der Waals surface area contributed by atoms with Crippen LogP contribution < -0.4 is 9.47 Å². The molecule has 1 heterocycles. The normalized spacial score (nSPS) is 15.8. The summed E-state index contributed by atoms with van der Waals surface area (Å²) in [5.74, 6) is 1.24. The molecule has 0 unspecified atom stereocenters. The summed E-state index contributed by atoms with van der Waals surface area (Å²) in [6.45, 7) is 24.6. The Morgan fingerprint density at radius 3 is 1.05 bits per heavy atom. The molecule has 2 aromatic carbocycles. The minimum atomic E-state index is -0.429. The van der Waals surface area contributed by atoms with Gasteiger partial charge >= 0.3 is 0 Å². The number of nitrogens with zero attached hydrogens (tertiary/aromatic N) is 4. The van der Waals surface area contributed by atoms with E-state index >= 15 is 0 Å². The Morgan fingerprint density at radius 1 is 0.474 bits per heavy atom. The van der Waals surface area contributed by atoms with Crippen LogP contribution in [-0.2, 0) is 9.59 Å². The highest BCUT2D eigenvalue weighted by Gasteiger charge is 2.36. The van der Waals surface area contributed by atoms with Crippen molar-refractivity contribution < 1.29 is 19.1 Å². The Morgan fingerprint density at radius 2 is 0.772 bits per heavy atom. The Hall–Kier alpha value is -5.28. The van der Waals surface area contributed by atoms with Crippen molar-refractivity contribution in [3.63, 3.8) is 0 Å². The molecule has 2 aliphatic carbocycles. The summed E-state index contributed by atoms with van der Waals surface area (Å²) in [4.78, 5) is 29.6. The van der Waals surface area contributed by atoms with Crippen LogP contribution in [0.15, 0.2) is 139 Å². The van der Waals surface area contributed by atoms with Gasteiger partial charge in [0.25, 0.3) is 0 Å². The molecular formula is C48H56N4O4S. The number of azo groups is 2. The smallest absolute Gasteiger partial charge is 0.186 e. The van der Waals surface area contributed by atoms with E-state index in [9.17, 15) is 9.59 Å². The molecule has 0 radical (unpaired) electrons. The third-order valence-corrected chi connectivity index (χ3v) is 10.8. The number of thiophene rings is 1. The summed E-state index contributed by atoms with van der Waals surface area (Å²) in [6, 6.07) is 19.0. The Bertz CT molecular complexity index is 2100. The molecule has 0 amide bonds. The Balaban J connectivity index is 1.85.